The number of carbonyl (C=O) groups is 1. The van der Waals surface area contributed by atoms with Gasteiger partial charge in [0.1, 0.15) is 19.3 Å². The van der Waals surface area contributed by atoms with E-state index in [4.69, 9.17) is 18.5 Å². The van der Waals surface area contributed by atoms with E-state index < -0.39 is 19.9 Å². The quantitative estimate of drug-likeness (QED) is 0.0418. The molecule has 0 rings (SSSR count). The van der Waals surface area contributed by atoms with Crippen molar-refractivity contribution in [3.8, 4) is 0 Å². The zero-order chi connectivity index (χ0) is 27.8. The monoisotopic (exact) mass is 549 g/mol. The largest absolute Gasteiger partial charge is 0.756 e. The van der Waals surface area contributed by atoms with Gasteiger partial charge in [-0.15, -0.1) is 0 Å². The lowest BCUT2D eigenvalue weighted by Gasteiger charge is -2.28. The number of hydrogen-bond donors (Lipinski definition) is 0. The molecule has 0 radical (unpaired) electrons. The molecule has 2 unspecified atom stereocenters. The molecule has 2 atom stereocenters. The number of quaternary nitrogens is 1. The first-order chi connectivity index (χ1) is 17.6. The second-order valence-corrected chi connectivity index (χ2v) is 12.2. The Morgan fingerprint density at radius 1 is 0.811 bits per heavy atom. The Bertz CT molecular complexity index is 622. The number of esters is 1. The van der Waals surface area contributed by atoms with Crippen LogP contribution >= 0.6 is 7.82 Å². The minimum Gasteiger partial charge on any atom is -0.756 e. The Hall–Kier alpha value is -0.760. The molecule has 0 spiro atoms. The highest BCUT2D eigenvalue weighted by molar-refractivity contribution is 7.45. The maximum atomic E-state index is 11.9. The molecule has 9 heteroatoms. The lowest BCUT2D eigenvalue weighted by Crippen LogP contribution is -2.37. The summed E-state index contributed by atoms with van der Waals surface area (Å²) < 4.78 is 33.0. The fraction of sp³-hybridized carbons (Fsp3) is 0.893. The van der Waals surface area contributed by atoms with Crippen molar-refractivity contribution in [3.63, 3.8) is 0 Å². The molecule has 0 aliphatic carbocycles. The Morgan fingerprint density at radius 2 is 1.35 bits per heavy atom. The molecule has 0 aromatic rings. The van der Waals surface area contributed by atoms with Crippen LogP contribution in [0.1, 0.15) is 104 Å². The minimum absolute atomic E-state index is 0.0228. The van der Waals surface area contributed by atoms with E-state index >= 15 is 0 Å². The van der Waals surface area contributed by atoms with Gasteiger partial charge in [0.15, 0.2) is 0 Å². The summed E-state index contributed by atoms with van der Waals surface area (Å²) in [6.45, 7) is 4.37. The molecule has 0 amide bonds. The SMILES string of the molecule is CCCCCCCC/C=C/CCCCCCCCOCC(COP(=O)([O-])OCC[N+](C)(C)C)OC(C)=O. The zero-order valence-electron chi connectivity index (χ0n) is 24.4. The van der Waals surface area contributed by atoms with Crippen LogP contribution in [0.3, 0.4) is 0 Å². The smallest absolute Gasteiger partial charge is 0.303 e. The summed E-state index contributed by atoms with van der Waals surface area (Å²) in [6, 6.07) is 0. The summed E-state index contributed by atoms with van der Waals surface area (Å²) in [7, 11) is 1.34. The van der Waals surface area contributed by atoms with Crippen LogP contribution in [0, 0.1) is 0 Å². The minimum atomic E-state index is -4.47. The number of hydrogen-bond acceptors (Lipinski definition) is 7. The number of carbonyl (C=O) groups excluding carboxylic acids is 1. The molecule has 0 heterocycles. The van der Waals surface area contributed by atoms with E-state index in [1.807, 2.05) is 21.1 Å². The van der Waals surface area contributed by atoms with Crippen molar-refractivity contribution in [2.75, 3.05) is 54.1 Å². The molecule has 220 valence electrons. The molecule has 0 saturated carbocycles. The van der Waals surface area contributed by atoms with E-state index in [-0.39, 0.29) is 19.8 Å². The molecule has 0 bridgehead atoms. The van der Waals surface area contributed by atoms with Crippen LogP contribution in [0.15, 0.2) is 12.2 Å². The first kappa shape index (κ1) is 36.2. The van der Waals surface area contributed by atoms with Crippen LogP contribution in [-0.4, -0.2) is 70.7 Å². The van der Waals surface area contributed by atoms with E-state index in [1.54, 1.807) is 0 Å². The molecule has 0 aromatic carbocycles. The molecule has 37 heavy (non-hydrogen) atoms. The fourth-order valence-corrected chi connectivity index (χ4v) is 4.38. The molecule has 0 aliphatic rings. The Kier molecular flexibility index (Phi) is 22.7. The third-order valence-electron chi connectivity index (χ3n) is 5.87. The highest BCUT2D eigenvalue weighted by Crippen LogP contribution is 2.38. The number of ether oxygens (including phenoxy) is 2. The standard InChI is InChI=1S/C28H56NO7P/c1-6-7-8-9-10-11-12-13-14-15-16-17-18-19-20-21-23-33-25-28(36-27(2)30)26-35-37(31,32)34-24-22-29(3,4)5/h13-14,28H,6-12,15-26H2,1-5H3/b14-13+. The number of allylic oxidation sites excluding steroid dienone is 2. The van der Waals surface area contributed by atoms with Gasteiger partial charge in [-0.2, -0.15) is 0 Å². The maximum absolute atomic E-state index is 11.9. The molecule has 8 nitrogen and oxygen atoms in total. The lowest BCUT2D eigenvalue weighted by molar-refractivity contribution is -0.870. The predicted molar refractivity (Wildman–Crippen MR) is 148 cm³/mol. The van der Waals surface area contributed by atoms with Crippen LogP contribution < -0.4 is 4.89 Å². The predicted octanol–water partition coefficient (Wildman–Crippen LogP) is 6.18. The van der Waals surface area contributed by atoms with Gasteiger partial charge in [0.2, 0.25) is 0 Å². The summed E-state index contributed by atoms with van der Waals surface area (Å²) in [5.41, 5.74) is 0. The molecule has 0 fully saturated rings. The van der Waals surface area contributed by atoms with Gasteiger partial charge >= 0.3 is 5.97 Å². The van der Waals surface area contributed by atoms with Gasteiger partial charge in [0.05, 0.1) is 34.4 Å². The van der Waals surface area contributed by atoms with Crippen molar-refractivity contribution >= 4 is 13.8 Å². The molecule has 0 aromatic heterocycles. The van der Waals surface area contributed by atoms with Crippen molar-refractivity contribution in [3.05, 3.63) is 12.2 Å². The molecule has 0 saturated heterocycles. The number of rotatable bonds is 26. The normalized spacial score (nSPS) is 14.6. The molecule has 0 N–H and O–H groups in total. The van der Waals surface area contributed by atoms with Gasteiger partial charge in [-0.1, -0.05) is 76.9 Å². The van der Waals surface area contributed by atoms with Crippen molar-refractivity contribution in [1.82, 2.24) is 0 Å². The van der Waals surface area contributed by atoms with Crippen molar-refractivity contribution in [1.29, 1.82) is 0 Å². The van der Waals surface area contributed by atoms with E-state index in [2.05, 4.69) is 19.1 Å². The van der Waals surface area contributed by atoms with Gasteiger partial charge in [0, 0.05) is 13.5 Å². The number of phosphoric acid groups is 1. The third kappa shape index (κ3) is 28.1. The molecular weight excluding hydrogens is 493 g/mol. The van der Waals surface area contributed by atoms with Gasteiger partial charge < -0.3 is 27.9 Å². The van der Waals surface area contributed by atoms with E-state index in [0.29, 0.717) is 17.6 Å². The number of nitrogens with zero attached hydrogens (tertiary/aromatic N) is 1. The number of likely N-dealkylation sites (N-methyl/N-ethyl adjacent to an activating group) is 1. The first-order valence-electron chi connectivity index (χ1n) is 14.4. The summed E-state index contributed by atoms with van der Waals surface area (Å²) in [5, 5.41) is 0. The van der Waals surface area contributed by atoms with Gasteiger partial charge in [-0.25, -0.2) is 0 Å². The van der Waals surface area contributed by atoms with Crippen molar-refractivity contribution < 1.29 is 37.3 Å². The van der Waals surface area contributed by atoms with E-state index in [9.17, 15) is 14.3 Å². The summed E-state index contributed by atoms with van der Waals surface area (Å²) in [6.07, 6.45) is 21.3. The Morgan fingerprint density at radius 3 is 1.89 bits per heavy atom. The summed E-state index contributed by atoms with van der Waals surface area (Å²) >= 11 is 0. The second-order valence-electron chi connectivity index (χ2n) is 10.8. The number of phosphoric ester groups is 1. The molecule has 0 aliphatic heterocycles. The van der Waals surface area contributed by atoms with Crippen molar-refractivity contribution in [2.45, 2.75) is 110 Å². The zero-order valence-corrected chi connectivity index (χ0v) is 25.3. The number of unbranched alkanes of at least 4 members (excludes halogenated alkanes) is 12. The topological polar surface area (TPSA) is 94.1 Å². The average Bonchev–Trinajstić information content (AvgIpc) is 2.80. The summed E-state index contributed by atoms with van der Waals surface area (Å²) in [4.78, 5) is 23.3. The van der Waals surface area contributed by atoms with Gasteiger partial charge in [0.25, 0.3) is 7.82 Å². The lowest BCUT2D eigenvalue weighted by atomic mass is 10.1. The van der Waals surface area contributed by atoms with E-state index in [0.717, 1.165) is 12.8 Å². The average molecular weight is 550 g/mol. The molecular formula is C28H56NO7P. The summed E-state index contributed by atoms with van der Waals surface area (Å²) in [5.74, 6) is -0.513. The third-order valence-corrected chi connectivity index (χ3v) is 6.83. The van der Waals surface area contributed by atoms with Crippen LogP contribution in [0.2, 0.25) is 0 Å². The Labute approximate surface area is 227 Å². The highest BCUT2D eigenvalue weighted by atomic mass is 31.2. The van der Waals surface area contributed by atoms with Crippen molar-refractivity contribution in [2.24, 2.45) is 0 Å². The van der Waals surface area contributed by atoms with Crippen LogP contribution in [-0.2, 0) is 27.9 Å². The van der Waals surface area contributed by atoms with Crippen LogP contribution in [0.5, 0.6) is 0 Å². The highest BCUT2D eigenvalue weighted by Gasteiger charge is 2.19. The maximum Gasteiger partial charge on any atom is 0.303 e. The van der Waals surface area contributed by atoms with Crippen LogP contribution in [0.25, 0.3) is 0 Å². The van der Waals surface area contributed by atoms with E-state index in [1.165, 1.54) is 84.0 Å². The Balaban J connectivity index is 3.77. The van der Waals surface area contributed by atoms with Crippen LogP contribution in [0.4, 0.5) is 0 Å². The second kappa shape index (κ2) is 23.2. The first-order valence-corrected chi connectivity index (χ1v) is 15.8. The fourth-order valence-electron chi connectivity index (χ4n) is 3.66. The van der Waals surface area contributed by atoms with Gasteiger partial charge in [-0.05, 0) is 32.1 Å². The van der Waals surface area contributed by atoms with Gasteiger partial charge in [-0.3, -0.25) is 9.36 Å².